The summed E-state index contributed by atoms with van der Waals surface area (Å²) in [5, 5.41) is 0. The molecule has 2 aliphatic rings. The third-order valence-corrected chi connectivity index (χ3v) is 6.23. The van der Waals surface area contributed by atoms with Crippen LogP contribution >= 0.6 is 7.60 Å². The number of fused-ring (bicyclic) bond motifs is 1. The molecule has 3 heterocycles. The van der Waals surface area contributed by atoms with Gasteiger partial charge in [-0.15, -0.1) is 0 Å². The van der Waals surface area contributed by atoms with Gasteiger partial charge in [-0.25, -0.2) is 4.79 Å². The Labute approximate surface area is 149 Å². The number of nitrogens with one attached hydrogen (secondary N) is 1. The number of aryl methyl sites for hydroxylation is 1. The van der Waals surface area contributed by atoms with E-state index < -0.39 is 43.3 Å². The smallest absolute Gasteiger partial charge is 0.349 e. The molecule has 0 bridgehead atoms. The summed E-state index contributed by atoms with van der Waals surface area (Å²) in [7, 11) is -3.58. The summed E-state index contributed by atoms with van der Waals surface area (Å²) in [4.78, 5) is 25.8. The monoisotopic (exact) mass is 390 g/mol. The zero-order valence-corrected chi connectivity index (χ0v) is 15.8. The van der Waals surface area contributed by atoms with Gasteiger partial charge in [-0.2, -0.15) is 0 Å². The van der Waals surface area contributed by atoms with Gasteiger partial charge in [0.1, 0.15) is 12.3 Å². The van der Waals surface area contributed by atoms with Crippen LogP contribution in [0.2, 0.25) is 0 Å². The molecular weight excluding hydrogens is 367 g/mol. The van der Waals surface area contributed by atoms with Gasteiger partial charge in [0.25, 0.3) is 11.6 Å². The summed E-state index contributed by atoms with van der Waals surface area (Å²) < 4.78 is 41.8. The third kappa shape index (κ3) is 3.71. The largest absolute Gasteiger partial charge is 0.386 e. The van der Waals surface area contributed by atoms with Crippen molar-refractivity contribution in [1.29, 1.82) is 0 Å². The Morgan fingerprint density at radius 1 is 1.23 bits per heavy atom. The fourth-order valence-corrected chi connectivity index (χ4v) is 4.63. The van der Waals surface area contributed by atoms with Crippen LogP contribution in [0.4, 0.5) is 0 Å². The van der Waals surface area contributed by atoms with Gasteiger partial charge in [0, 0.05) is 18.2 Å². The van der Waals surface area contributed by atoms with Crippen molar-refractivity contribution in [1.82, 2.24) is 9.55 Å². The number of aromatic amines is 1. The Kier molecular flexibility index (Phi) is 5.81. The van der Waals surface area contributed by atoms with E-state index in [9.17, 15) is 14.2 Å². The van der Waals surface area contributed by atoms with Crippen LogP contribution in [-0.4, -0.2) is 47.6 Å². The van der Waals surface area contributed by atoms with Crippen LogP contribution in [0.25, 0.3) is 0 Å². The second kappa shape index (κ2) is 7.75. The first kappa shape index (κ1) is 19.5. The zero-order chi connectivity index (χ0) is 18.9. The predicted molar refractivity (Wildman–Crippen MR) is 90.1 cm³/mol. The van der Waals surface area contributed by atoms with E-state index in [1.165, 1.54) is 10.8 Å². The molecule has 26 heavy (non-hydrogen) atoms. The standard InChI is InChI=1S/C15H23N2O8P/c1-4-22-26(20,23-5-2)15-21-8-11-10(25-15)6-12(24-11)17-7-9(3)13(18)16-14(17)19/h7,10-12,15H,4-6,8H2,1-3H3,(H,16,18,19)/t10-,11+,12+,15-/m0/s1. The lowest BCUT2D eigenvalue weighted by atomic mass is 10.2. The Morgan fingerprint density at radius 2 is 1.92 bits per heavy atom. The Hall–Kier alpha value is -1.29. The Balaban J connectivity index is 1.76. The summed E-state index contributed by atoms with van der Waals surface area (Å²) in [5.41, 5.74) is -0.595. The number of aromatic nitrogens is 2. The van der Waals surface area contributed by atoms with Crippen LogP contribution in [0.3, 0.4) is 0 Å². The van der Waals surface area contributed by atoms with E-state index in [1.54, 1.807) is 20.8 Å². The summed E-state index contributed by atoms with van der Waals surface area (Å²) in [5.74, 6) is 0. The molecular formula is C15H23N2O8P. The van der Waals surface area contributed by atoms with Crippen LogP contribution < -0.4 is 11.2 Å². The normalized spacial score (nSPS) is 28.9. The molecule has 0 aromatic carbocycles. The lowest BCUT2D eigenvalue weighted by Gasteiger charge is -2.34. The topological polar surface area (TPSA) is 118 Å². The quantitative estimate of drug-likeness (QED) is 0.718. The van der Waals surface area contributed by atoms with Crippen molar-refractivity contribution in [3.05, 3.63) is 32.6 Å². The van der Waals surface area contributed by atoms with Crippen molar-refractivity contribution in [2.24, 2.45) is 0 Å². The van der Waals surface area contributed by atoms with Gasteiger partial charge >= 0.3 is 13.3 Å². The molecule has 0 amide bonds. The molecule has 2 aliphatic heterocycles. The minimum absolute atomic E-state index is 0.132. The molecule has 0 aliphatic carbocycles. The number of hydrogen-bond acceptors (Lipinski definition) is 8. The van der Waals surface area contributed by atoms with E-state index in [0.29, 0.717) is 12.0 Å². The molecule has 4 atom stereocenters. The van der Waals surface area contributed by atoms with E-state index in [0.717, 1.165) is 0 Å². The highest BCUT2D eigenvalue weighted by Crippen LogP contribution is 2.56. The van der Waals surface area contributed by atoms with Crippen LogP contribution in [0.5, 0.6) is 0 Å². The van der Waals surface area contributed by atoms with Crippen molar-refractivity contribution in [3.63, 3.8) is 0 Å². The van der Waals surface area contributed by atoms with Gasteiger partial charge in [0.15, 0.2) is 0 Å². The van der Waals surface area contributed by atoms with Gasteiger partial charge in [-0.1, -0.05) is 0 Å². The fourth-order valence-electron chi connectivity index (χ4n) is 3.02. The van der Waals surface area contributed by atoms with Crippen molar-refractivity contribution >= 4 is 7.60 Å². The summed E-state index contributed by atoms with van der Waals surface area (Å²) in [6, 6.07) is -1.14. The third-order valence-electron chi connectivity index (χ3n) is 4.21. The molecule has 0 unspecified atom stereocenters. The predicted octanol–water partition coefficient (Wildman–Crippen LogP) is 1.10. The molecule has 0 radical (unpaired) electrons. The molecule has 0 spiro atoms. The van der Waals surface area contributed by atoms with E-state index >= 15 is 0 Å². The average Bonchev–Trinajstić information content (AvgIpc) is 3.01. The van der Waals surface area contributed by atoms with Gasteiger partial charge < -0.3 is 23.3 Å². The second-order valence-electron chi connectivity index (χ2n) is 6.03. The molecule has 2 fully saturated rings. The molecule has 1 aromatic heterocycles. The van der Waals surface area contributed by atoms with Crippen molar-refractivity contribution < 1.29 is 27.8 Å². The zero-order valence-electron chi connectivity index (χ0n) is 14.9. The first-order chi connectivity index (χ1) is 12.4. The van der Waals surface area contributed by atoms with E-state index in [4.69, 9.17) is 23.3 Å². The molecule has 11 heteroatoms. The maximum absolute atomic E-state index is 12.8. The number of ether oxygens (including phenoxy) is 3. The molecule has 0 saturated carbocycles. The summed E-state index contributed by atoms with van der Waals surface area (Å²) >= 11 is 0. The molecule has 2 saturated heterocycles. The highest BCUT2D eigenvalue weighted by molar-refractivity contribution is 7.54. The number of H-pyrrole nitrogens is 1. The molecule has 146 valence electrons. The summed E-state index contributed by atoms with van der Waals surface area (Å²) in [6.45, 7) is 5.54. The Bertz CT molecular complexity index is 796. The lowest BCUT2D eigenvalue weighted by Crippen LogP contribution is -2.41. The van der Waals surface area contributed by atoms with Gasteiger partial charge in [0.2, 0.25) is 0 Å². The highest BCUT2D eigenvalue weighted by atomic mass is 31.2. The van der Waals surface area contributed by atoms with Gasteiger partial charge in [-0.3, -0.25) is 18.9 Å². The molecule has 1 N–H and O–H groups in total. The van der Waals surface area contributed by atoms with Crippen LogP contribution in [0, 0.1) is 6.92 Å². The van der Waals surface area contributed by atoms with Gasteiger partial charge in [0.05, 0.1) is 25.9 Å². The number of nitrogens with zero attached hydrogens (tertiary/aromatic N) is 1. The Morgan fingerprint density at radius 3 is 2.58 bits per heavy atom. The number of rotatable bonds is 6. The number of hydrogen-bond donors (Lipinski definition) is 1. The molecule has 10 nitrogen and oxygen atoms in total. The van der Waals surface area contributed by atoms with E-state index in [1.807, 2.05) is 0 Å². The minimum Gasteiger partial charge on any atom is -0.349 e. The maximum atomic E-state index is 12.8. The van der Waals surface area contributed by atoms with Crippen LogP contribution in [0.1, 0.15) is 32.1 Å². The van der Waals surface area contributed by atoms with E-state index in [2.05, 4.69) is 4.98 Å². The van der Waals surface area contributed by atoms with Crippen molar-refractivity contribution in [2.45, 2.75) is 51.7 Å². The minimum atomic E-state index is -3.58. The maximum Gasteiger partial charge on any atom is 0.386 e. The van der Waals surface area contributed by atoms with E-state index in [-0.39, 0.29) is 19.8 Å². The van der Waals surface area contributed by atoms with Crippen molar-refractivity contribution in [3.8, 4) is 0 Å². The van der Waals surface area contributed by atoms with Crippen LogP contribution in [-0.2, 0) is 27.8 Å². The highest BCUT2D eigenvalue weighted by Gasteiger charge is 2.49. The van der Waals surface area contributed by atoms with Gasteiger partial charge in [-0.05, 0) is 20.8 Å². The second-order valence-corrected chi connectivity index (χ2v) is 8.05. The fraction of sp³-hybridized carbons (Fsp3) is 0.733. The lowest BCUT2D eigenvalue weighted by molar-refractivity contribution is -0.213. The molecule has 3 rings (SSSR count). The summed E-state index contributed by atoms with van der Waals surface area (Å²) in [6.07, 6.45) is 0.314. The average molecular weight is 390 g/mol. The van der Waals surface area contributed by atoms with Crippen molar-refractivity contribution in [2.75, 3.05) is 19.8 Å². The first-order valence-electron chi connectivity index (χ1n) is 8.51. The van der Waals surface area contributed by atoms with Crippen LogP contribution in [0.15, 0.2) is 15.8 Å². The first-order valence-corrected chi connectivity index (χ1v) is 10.1. The SMILES string of the molecule is CCOP(=O)(OCC)[C@H]1OC[C@H]2O[C@@H](n3cc(C)c(=O)[nH]c3=O)C[C@@H]2O1. The molecule has 1 aromatic rings.